The van der Waals surface area contributed by atoms with Crippen LogP contribution in [0.2, 0.25) is 0 Å². The van der Waals surface area contributed by atoms with Gasteiger partial charge in [0.2, 0.25) is 5.91 Å². The zero-order valence-electron chi connectivity index (χ0n) is 14.8. The quantitative estimate of drug-likeness (QED) is 0.761. The van der Waals surface area contributed by atoms with Gasteiger partial charge in [0.1, 0.15) is 6.04 Å². The van der Waals surface area contributed by atoms with Gasteiger partial charge in [0.05, 0.1) is 5.92 Å². The van der Waals surface area contributed by atoms with Gasteiger partial charge in [-0.15, -0.1) is 0 Å². The summed E-state index contributed by atoms with van der Waals surface area (Å²) in [4.78, 5) is 37.3. The second kappa shape index (κ2) is 8.00. The van der Waals surface area contributed by atoms with Crippen molar-refractivity contribution in [3.63, 3.8) is 0 Å². The molecule has 1 unspecified atom stereocenters. The minimum atomic E-state index is -0.894. The molecule has 1 saturated heterocycles. The number of rotatable bonds is 5. The number of hydrogen-bond acceptors (Lipinski definition) is 3. The van der Waals surface area contributed by atoms with Crippen LogP contribution in [0.1, 0.15) is 45.1 Å². The number of carboxylic acid groups (broad SMARTS) is 1. The summed E-state index contributed by atoms with van der Waals surface area (Å²) < 4.78 is 0. The van der Waals surface area contributed by atoms with Gasteiger partial charge in [-0.3, -0.25) is 9.59 Å². The summed E-state index contributed by atoms with van der Waals surface area (Å²) in [6, 6.07) is 6.04. The Morgan fingerprint density at radius 2 is 1.80 bits per heavy atom. The average Bonchev–Trinajstić information content (AvgIpc) is 3.04. The van der Waals surface area contributed by atoms with Crippen LogP contribution in [0.15, 0.2) is 24.3 Å². The zero-order chi connectivity index (χ0) is 18.6. The SMILES string of the molecule is CC(C)NC(=O)N1CCC[C@H]1C(=O)Nc1ccc(C(C)C(=O)O)cc1. The van der Waals surface area contributed by atoms with E-state index in [2.05, 4.69) is 10.6 Å². The third kappa shape index (κ3) is 4.71. The molecule has 0 saturated carbocycles. The van der Waals surface area contributed by atoms with Gasteiger partial charge in [-0.2, -0.15) is 0 Å². The molecular formula is C18H25N3O4. The first-order chi connectivity index (χ1) is 11.8. The van der Waals surface area contributed by atoms with Crippen molar-refractivity contribution < 1.29 is 19.5 Å². The molecule has 1 aromatic carbocycles. The van der Waals surface area contributed by atoms with Gasteiger partial charge in [0.25, 0.3) is 0 Å². The molecule has 7 nitrogen and oxygen atoms in total. The number of urea groups is 1. The molecule has 3 N–H and O–H groups in total. The Hall–Kier alpha value is -2.57. The van der Waals surface area contributed by atoms with Crippen molar-refractivity contribution in [2.45, 2.75) is 51.6 Å². The lowest BCUT2D eigenvalue weighted by Crippen LogP contribution is -2.49. The molecular weight excluding hydrogens is 322 g/mol. The number of benzene rings is 1. The molecule has 3 amide bonds. The highest BCUT2D eigenvalue weighted by molar-refractivity contribution is 5.97. The smallest absolute Gasteiger partial charge is 0.318 e. The van der Waals surface area contributed by atoms with E-state index in [9.17, 15) is 14.4 Å². The molecule has 0 spiro atoms. The van der Waals surface area contributed by atoms with Gasteiger partial charge in [0, 0.05) is 18.3 Å². The number of hydrogen-bond donors (Lipinski definition) is 3. The van der Waals surface area contributed by atoms with Crippen LogP contribution < -0.4 is 10.6 Å². The predicted octanol–water partition coefficient (Wildman–Crippen LogP) is 2.40. The summed E-state index contributed by atoms with van der Waals surface area (Å²) in [5, 5.41) is 14.6. The van der Waals surface area contributed by atoms with Crippen LogP contribution in [0.4, 0.5) is 10.5 Å². The lowest BCUT2D eigenvalue weighted by molar-refractivity contribution is -0.138. The monoisotopic (exact) mass is 347 g/mol. The maximum absolute atomic E-state index is 12.5. The Morgan fingerprint density at radius 1 is 1.16 bits per heavy atom. The molecule has 0 aromatic heterocycles. The fraction of sp³-hybridized carbons (Fsp3) is 0.500. The molecule has 0 radical (unpaired) electrons. The zero-order valence-corrected chi connectivity index (χ0v) is 14.8. The third-order valence-electron chi connectivity index (χ3n) is 4.28. The number of nitrogens with one attached hydrogen (secondary N) is 2. The molecule has 2 rings (SSSR count). The Labute approximate surface area is 147 Å². The van der Waals surface area contributed by atoms with Crippen LogP contribution >= 0.6 is 0 Å². The van der Waals surface area contributed by atoms with Crippen molar-refractivity contribution in [1.82, 2.24) is 10.2 Å². The van der Waals surface area contributed by atoms with E-state index >= 15 is 0 Å². The summed E-state index contributed by atoms with van der Waals surface area (Å²) in [7, 11) is 0. The summed E-state index contributed by atoms with van der Waals surface area (Å²) in [5.41, 5.74) is 1.26. The van der Waals surface area contributed by atoms with E-state index in [0.717, 1.165) is 6.42 Å². The van der Waals surface area contributed by atoms with Crippen LogP contribution in [0.5, 0.6) is 0 Å². The largest absolute Gasteiger partial charge is 0.481 e. The molecule has 7 heteroatoms. The Morgan fingerprint density at radius 3 is 2.36 bits per heavy atom. The fourth-order valence-corrected chi connectivity index (χ4v) is 2.84. The highest BCUT2D eigenvalue weighted by atomic mass is 16.4. The summed E-state index contributed by atoms with van der Waals surface area (Å²) in [6.07, 6.45) is 1.42. The van der Waals surface area contributed by atoms with Crippen molar-refractivity contribution in [1.29, 1.82) is 0 Å². The van der Waals surface area contributed by atoms with Crippen LogP contribution in [0, 0.1) is 0 Å². The molecule has 1 heterocycles. The van der Waals surface area contributed by atoms with E-state index in [0.29, 0.717) is 24.2 Å². The fourth-order valence-electron chi connectivity index (χ4n) is 2.84. The second-order valence-electron chi connectivity index (χ2n) is 6.63. The standard InChI is InChI=1S/C18H25N3O4/c1-11(2)19-18(25)21-10-4-5-15(21)16(22)20-14-8-6-13(7-9-14)12(3)17(23)24/h6-9,11-12,15H,4-5,10H2,1-3H3,(H,19,25)(H,20,22)(H,23,24)/t12?,15-/m0/s1. The van der Waals surface area contributed by atoms with Gasteiger partial charge < -0.3 is 20.6 Å². The Bertz CT molecular complexity index is 642. The maximum Gasteiger partial charge on any atom is 0.318 e. The van der Waals surface area contributed by atoms with E-state index in [1.165, 1.54) is 0 Å². The minimum Gasteiger partial charge on any atom is -0.481 e. The number of likely N-dealkylation sites (tertiary alicyclic amines) is 1. The van der Waals surface area contributed by atoms with Crippen molar-refractivity contribution in [2.24, 2.45) is 0 Å². The van der Waals surface area contributed by atoms with Crippen molar-refractivity contribution in [3.8, 4) is 0 Å². The molecule has 1 aromatic rings. The Kier molecular flexibility index (Phi) is 6.01. The lowest BCUT2D eigenvalue weighted by Gasteiger charge is -2.25. The van der Waals surface area contributed by atoms with Crippen LogP contribution in [0.25, 0.3) is 0 Å². The first kappa shape index (κ1) is 18.8. The first-order valence-corrected chi connectivity index (χ1v) is 8.50. The van der Waals surface area contributed by atoms with Crippen LogP contribution in [0.3, 0.4) is 0 Å². The minimum absolute atomic E-state index is 0.0144. The average molecular weight is 347 g/mol. The second-order valence-corrected chi connectivity index (χ2v) is 6.63. The number of aliphatic carboxylic acids is 1. The van der Waals surface area contributed by atoms with Crippen LogP contribution in [-0.2, 0) is 9.59 Å². The molecule has 0 bridgehead atoms. The first-order valence-electron chi connectivity index (χ1n) is 8.50. The molecule has 2 atom stereocenters. The third-order valence-corrected chi connectivity index (χ3v) is 4.28. The number of carbonyl (C=O) groups excluding carboxylic acids is 2. The van der Waals surface area contributed by atoms with Gasteiger partial charge in [-0.05, 0) is 51.3 Å². The van der Waals surface area contributed by atoms with Crippen molar-refractivity contribution in [3.05, 3.63) is 29.8 Å². The lowest BCUT2D eigenvalue weighted by atomic mass is 10.0. The van der Waals surface area contributed by atoms with Gasteiger partial charge >= 0.3 is 12.0 Å². The molecule has 136 valence electrons. The van der Waals surface area contributed by atoms with E-state index in [-0.39, 0.29) is 18.0 Å². The molecule has 1 aliphatic heterocycles. The summed E-state index contributed by atoms with van der Waals surface area (Å²) >= 11 is 0. The normalized spacial score (nSPS) is 18.1. The summed E-state index contributed by atoms with van der Waals surface area (Å²) in [5.74, 6) is -1.72. The summed E-state index contributed by atoms with van der Waals surface area (Å²) in [6.45, 7) is 5.93. The Balaban J connectivity index is 2.01. The van der Waals surface area contributed by atoms with Gasteiger partial charge in [-0.25, -0.2) is 4.79 Å². The molecule has 1 aliphatic rings. The van der Waals surface area contributed by atoms with E-state index in [1.54, 1.807) is 36.1 Å². The highest BCUT2D eigenvalue weighted by Crippen LogP contribution is 2.21. The number of anilines is 1. The number of amides is 3. The topological polar surface area (TPSA) is 98.7 Å². The van der Waals surface area contributed by atoms with Gasteiger partial charge in [0.15, 0.2) is 0 Å². The molecule has 1 fully saturated rings. The van der Waals surface area contributed by atoms with E-state index in [4.69, 9.17) is 5.11 Å². The van der Waals surface area contributed by atoms with E-state index < -0.39 is 17.9 Å². The van der Waals surface area contributed by atoms with Crippen molar-refractivity contribution >= 4 is 23.6 Å². The number of carboxylic acids is 1. The number of carbonyl (C=O) groups is 3. The number of nitrogens with zero attached hydrogens (tertiary/aromatic N) is 1. The molecule has 25 heavy (non-hydrogen) atoms. The highest BCUT2D eigenvalue weighted by Gasteiger charge is 2.34. The van der Waals surface area contributed by atoms with Crippen LogP contribution in [-0.4, -0.2) is 46.5 Å². The van der Waals surface area contributed by atoms with Gasteiger partial charge in [-0.1, -0.05) is 12.1 Å². The van der Waals surface area contributed by atoms with E-state index in [1.807, 2.05) is 13.8 Å². The molecule has 0 aliphatic carbocycles. The predicted molar refractivity (Wildman–Crippen MR) is 94.5 cm³/mol. The van der Waals surface area contributed by atoms with Crippen molar-refractivity contribution in [2.75, 3.05) is 11.9 Å². The maximum atomic E-state index is 12.5.